The molecule has 2 aliphatic rings. The number of carbonyl (C=O) groups is 1. The van der Waals surface area contributed by atoms with Gasteiger partial charge in [-0.2, -0.15) is 0 Å². The Labute approximate surface area is 156 Å². The van der Waals surface area contributed by atoms with Crippen LogP contribution in [0.4, 0.5) is 5.82 Å². The second-order valence-corrected chi connectivity index (χ2v) is 6.66. The van der Waals surface area contributed by atoms with Crippen LogP contribution in [0.5, 0.6) is 0 Å². The minimum Gasteiger partial charge on any atom is -0.370 e. The third-order valence-corrected chi connectivity index (χ3v) is 4.98. The van der Waals surface area contributed by atoms with Gasteiger partial charge in [0.15, 0.2) is 0 Å². The monoisotopic (exact) mass is 374 g/mol. The van der Waals surface area contributed by atoms with Gasteiger partial charge in [-0.3, -0.25) is 4.79 Å². The Kier molecular flexibility index (Phi) is 8.27. The van der Waals surface area contributed by atoms with Crippen molar-refractivity contribution in [2.45, 2.75) is 32.6 Å². The van der Waals surface area contributed by atoms with Crippen molar-refractivity contribution in [3.8, 4) is 0 Å². The normalized spacial score (nSPS) is 20.5. The van der Waals surface area contributed by atoms with Crippen molar-refractivity contribution in [2.24, 2.45) is 11.3 Å². The van der Waals surface area contributed by atoms with Gasteiger partial charge in [-0.05, 0) is 62.7 Å². The van der Waals surface area contributed by atoms with Crippen LogP contribution in [0.1, 0.15) is 31.2 Å². The fraction of sp³-hybridized carbons (Fsp3) is 0.647. The van der Waals surface area contributed by atoms with Gasteiger partial charge in [-0.15, -0.1) is 24.8 Å². The summed E-state index contributed by atoms with van der Waals surface area (Å²) in [6, 6.07) is 4.03. The van der Waals surface area contributed by atoms with Crippen molar-refractivity contribution in [1.82, 2.24) is 15.6 Å². The Balaban J connectivity index is 0.00000144. The van der Waals surface area contributed by atoms with Gasteiger partial charge in [0.2, 0.25) is 5.91 Å². The number of rotatable bonds is 6. The number of amides is 1. The lowest BCUT2D eigenvalue weighted by atomic mass is 9.92. The molecule has 1 aliphatic carbocycles. The minimum atomic E-state index is 0. The summed E-state index contributed by atoms with van der Waals surface area (Å²) in [5.41, 5.74) is 1.49. The highest BCUT2D eigenvalue weighted by atomic mass is 35.5. The minimum absolute atomic E-state index is 0. The second kappa shape index (κ2) is 9.44. The van der Waals surface area contributed by atoms with E-state index in [0.29, 0.717) is 5.41 Å². The molecule has 1 saturated carbocycles. The molecule has 1 saturated heterocycles. The summed E-state index contributed by atoms with van der Waals surface area (Å²) in [7, 11) is 0. The molecule has 136 valence electrons. The van der Waals surface area contributed by atoms with Crippen LogP contribution in [-0.4, -0.2) is 37.1 Å². The standard InChI is InChI=1S/C17H26N4O.2ClH/c1-13-3-4-15(21-12-13)19-7-2-8-20-16(22)14-11-17(14)5-9-18-10-6-17;;/h3-4,12,14,18H,2,5-11H2,1H3,(H,19,21)(H,20,22);2*1H. The number of halogens is 2. The van der Waals surface area contributed by atoms with Crippen LogP contribution in [0.3, 0.4) is 0 Å². The van der Waals surface area contributed by atoms with Crippen LogP contribution in [-0.2, 0) is 4.79 Å². The number of nitrogens with one attached hydrogen (secondary N) is 3. The predicted molar refractivity (Wildman–Crippen MR) is 102 cm³/mol. The highest BCUT2D eigenvalue weighted by Gasteiger charge is 2.57. The molecule has 1 aliphatic heterocycles. The molecule has 1 aromatic rings. The van der Waals surface area contributed by atoms with Gasteiger partial charge in [0.25, 0.3) is 0 Å². The van der Waals surface area contributed by atoms with E-state index in [9.17, 15) is 4.79 Å². The zero-order valence-corrected chi connectivity index (χ0v) is 15.8. The summed E-state index contributed by atoms with van der Waals surface area (Å²) in [6.45, 7) is 5.73. The van der Waals surface area contributed by atoms with Gasteiger partial charge in [0.1, 0.15) is 5.82 Å². The van der Waals surface area contributed by atoms with E-state index in [1.54, 1.807) is 0 Å². The summed E-state index contributed by atoms with van der Waals surface area (Å²) in [4.78, 5) is 16.5. The highest BCUT2D eigenvalue weighted by molar-refractivity contribution is 5.85. The van der Waals surface area contributed by atoms with E-state index in [1.165, 1.54) is 0 Å². The molecule has 1 atom stereocenters. The first-order chi connectivity index (χ1) is 10.7. The van der Waals surface area contributed by atoms with Gasteiger partial charge in [0.05, 0.1) is 0 Å². The Hall–Kier alpha value is -1.04. The lowest BCUT2D eigenvalue weighted by Crippen LogP contribution is -2.34. The van der Waals surface area contributed by atoms with Crippen molar-refractivity contribution in [3.63, 3.8) is 0 Å². The number of hydrogen-bond acceptors (Lipinski definition) is 4. The number of nitrogens with zero attached hydrogens (tertiary/aromatic N) is 1. The highest BCUT2D eigenvalue weighted by Crippen LogP contribution is 2.58. The van der Waals surface area contributed by atoms with Crippen LogP contribution < -0.4 is 16.0 Å². The zero-order chi connectivity index (χ0) is 15.4. The number of pyridine rings is 1. The number of piperidine rings is 1. The SMILES string of the molecule is Cc1ccc(NCCCNC(=O)C2CC23CCNCC3)nc1.Cl.Cl. The van der Waals surface area contributed by atoms with Crippen LogP contribution in [0.25, 0.3) is 0 Å². The lowest BCUT2D eigenvalue weighted by molar-refractivity contribution is -0.123. The Morgan fingerprint density at radius 1 is 1.29 bits per heavy atom. The third kappa shape index (κ3) is 5.23. The van der Waals surface area contributed by atoms with Crippen molar-refractivity contribution in [2.75, 3.05) is 31.5 Å². The van der Waals surface area contributed by atoms with Gasteiger partial charge in [-0.1, -0.05) is 6.07 Å². The summed E-state index contributed by atoms with van der Waals surface area (Å²) >= 11 is 0. The number of hydrogen-bond donors (Lipinski definition) is 3. The Morgan fingerprint density at radius 3 is 2.71 bits per heavy atom. The molecule has 0 aromatic carbocycles. The number of aryl methyl sites for hydroxylation is 1. The molecule has 2 heterocycles. The molecule has 1 unspecified atom stereocenters. The molecule has 0 bridgehead atoms. The molecule has 2 fully saturated rings. The molecule has 1 amide bonds. The molecule has 3 rings (SSSR count). The van der Waals surface area contributed by atoms with Gasteiger partial charge in [0, 0.05) is 25.2 Å². The van der Waals surface area contributed by atoms with Crippen LogP contribution >= 0.6 is 24.8 Å². The molecular weight excluding hydrogens is 347 g/mol. The summed E-state index contributed by atoms with van der Waals surface area (Å²) in [6.07, 6.45) is 6.18. The Morgan fingerprint density at radius 2 is 2.04 bits per heavy atom. The van der Waals surface area contributed by atoms with E-state index < -0.39 is 0 Å². The second-order valence-electron chi connectivity index (χ2n) is 6.66. The number of aromatic nitrogens is 1. The van der Waals surface area contributed by atoms with E-state index in [4.69, 9.17) is 0 Å². The largest absolute Gasteiger partial charge is 0.370 e. The van der Waals surface area contributed by atoms with Gasteiger partial charge >= 0.3 is 0 Å². The van der Waals surface area contributed by atoms with E-state index in [1.807, 2.05) is 25.3 Å². The first-order valence-corrected chi connectivity index (χ1v) is 8.35. The molecule has 1 aromatic heterocycles. The van der Waals surface area contributed by atoms with Gasteiger partial charge < -0.3 is 16.0 Å². The van der Waals surface area contributed by atoms with Crippen molar-refractivity contribution < 1.29 is 4.79 Å². The van der Waals surface area contributed by atoms with E-state index in [0.717, 1.165) is 63.2 Å². The van der Waals surface area contributed by atoms with E-state index in [2.05, 4.69) is 20.9 Å². The maximum atomic E-state index is 12.2. The van der Waals surface area contributed by atoms with Crippen LogP contribution in [0, 0.1) is 18.3 Å². The maximum Gasteiger partial charge on any atom is 0.223 e. The average molecular weight is 375 g/mol. The van der Waals surface area contributed by atoms with Crippen molar-refractivity contribution in [3.05, 3.63) is 23.9 Å². The quantitative estimate of drug-likeness (QED) is 0.669. The van der Waals surface area contributed by atoms with Gasteiger partial charge in [-0.25, -0.2) is 4.98 Å². The van der Waals surface area contributed by atoms with Crippen molar-refractivity contribution in [1.29, 1.82) is 0 Å². The molecule has 0 radical (unpaired) electrons. The molecule has 5 nitrogen and oxygen atoms in total. The Bertz CT molecular complexity index is 518. The van der Waals surface area contributed by atoms with Crippen LogP contribution in [0.15, 0.2) is 18.3 Å². The molecule has 1 spiro atoms. The summed E-state index contributed by atoms with van der Waals surface area (Å²) in [5, 5.41) is 9.74. The summed E-state index contributed by atoms with van der Waals surface area (Å²) < 4.78 is 0. The van der Waals surface area contributed by atoms with Crippen LogP contribution in [0.2, 0.25) is 0 Å². The molecule has 7 heteroatoms. The molecular formula is C17H28Cl2N4O. The predicted octanol–water partition coefficient (Wildman–Crippen LogP) is 2.54. The third-order valence-electron chi connectivity index (χ3n) is 4.98. The maximum absolute atomic E-state index is 12.2. The molecule has 24 heavy (non-hydrogen) atoms. The first kappa shape index (κ1) is 21.0. The molecule has 3 N–H and O–H groups in total. The average Bonchev–Trinajstić information content (AvgIpc) is 3.22. The first-order valence-electron chi connectivity index (χ1n) is 8.35. The number of anilines is 1. The fourth-order valence-electron chi connectivity index (χ4n) is 3.41. The zero-order valence-electron chi connectivity index (χ0n) is 14.1. The topological polar surface area (TPSA) is 66.0 Å². The summed E-state index contributed by atoms with van der Waals surface area (Å²) in [5.74, 6) is 1.42. The fourth-order valence-corrected chi connectivity index (χ4v) is 3.41. The van der Waals surface area contributed by atoms with E-state index in [-0.39, 0.29) is 36.6 Å². The smallest absolute Gasteiger partial charge is 0.223 e. The van der Waals surface area contributed by atoms with Crippen molar-refractivity contribution >= 4 is 36.5 Å². The lowest BCUT2D eigenvalue weighted by Gasteiger charge is -2.23. The van der Waals surface area contributed by atoms with E-state index >= 15 is 0 Å². The number of carbonyl (C=O) groups excluding carboxylic acids is 1.